The molecule has 1 unspecified atom stereocenters. The lowest BCUT2D eigenvalue weighted by Gasteiger charge is -2.32. The number of nitrogens with one attached hydrogen (secondary N) is 2. The van der Waals surface area contributed by atoms with Gasteiger partial charge in [0, 0.05) is 32.2 Å². The van der Waals surface area contributed by atoms with E-state index in [4.69, 9.17) is 5.11 Å². The summed E-state index contributed by atoms with van der Waals surface area (Å²) in [5.41, 5.74) is 0.746. The molecule has 0 radical (unpaired) electrons. The first-order valence-corrected chi connectivity index (χ1v) is 8.32. The Morgan fingerprint density at radius 1 is 1.33 bits per heavy atom. The van der Waals surface area contributed by atoms with Gasteiger partial charge in [0.1, 0.15) is 0 Å². The van der Waals surface area contributed by atoms with E-state index in [-0.39, 0.29) is 12.1 Å². The van der Waals surface area contributed by atoms with Crippen LogP contribution >= 0.6 is 0 Å². The second-order valence-electron chi connectivity index (χ2n) is 6.34. The number of nitrogens with zero attached hydrogens (tertiary/aromatic N) is 1. The van der Waals surface area contributed by atoms with Gasteiger partial charge in [-0.25, -0.2) is 13.6 Å². The lowest BCUT2D eigenvalue weighted by molar-refractivity contribution is 0.178. The predicted octanol–water partition coefficient (Wildman–Crippen LogP) is 2.00. The van der Waals surface area contributed by atoms with Crippen LogP contribution in [0, 0.1) is 11.6 Å². The molecule has 0 spiro atoms. The van der Waals surface area contributed by atoms with Crippen LogP contribution in [0.5, 0.6) is 0 Å². The van der Waals surface area contributed by atoms with Crippen molar-refractivity contribution >= 4 is 6.03 Å². The van der Waals surface area contributed by atoms with Crippen molar-refractivity contribution in [1.29, 1.82) is 0 Å². The summed E-state index contributed by atoms with van der Waals surface area (Å²) in [4.78, 5) is 13.9. The molecule has 5 nitrogen and oxygen atoms in total. The highest BCUT2D eigenvalue weighted by atomic mass is 19.2. The number of carbonyl (C=O) groups is 1. The normalized spacial score (nSPS) is 17.5. The first kappa shape index (κ1) is 18.6. The number of carbonyl (C=O) groups excluding carboxylic acids is 1. The molecule has 2 rings (SSSR count). The van der Waals surface area contributed by atoms with Crippen molar-refractivity contribution in [3.63, 3.8) is 0 Å². The minimum atomic E-state index is -0.830. The Labute approximate surface area is 141 Å². The zero-order chi connectivity index (χ0) is 17.5. The second-order valence-corrected chi connectivity index (χ2v) is 6.34. The molecule has 1 saturated heterocycles. The first-order chi connectivity index (χ1) is 11.4. The molecular formula is C17H25F2N3O2. The van der Waals surface area contributed by atoms with Gasteiger partial charge < -0.3 is 15.7 Å². The van der Waals surface area contributed by atoms with Crippen LogP contribution in [0.2, 0.25) is 0 Å². The fourth-order valence-corrected chi connectivity index (χ4v) is 2.76. The maximum Gasteiger partial charge on any atom is 0.315 e. The van der Waals surface area contributed by atoms with Crippen LogP contribution in [0.4, 0.5) is 13.6 Å². The Morgan fingerprint density at radius 2 is 2.04 bits per heavy atom. The third kappa shape index (κ3) is 6.05. The van der Waals surface area contributed by atoms with E-state index in [0.29, 0.717) is 19.5 Å². The summed E-state index contributed by atoms with van der Waals surface area (Å²) in [5, 5.41) is 14.8. The number of hydrogen-bond acceptors (Lipinski definition) is 3. The number of aliphatic hydroxyl groups is 1. The lowest BCUT2D eigenvalue weighted by atomic mass is 10.0. The van der Waals surface area contributed by atoms with E-state index in [1.807, 2.05) is 0 Å². The molecule has 7 heteroatoms. The average molecular weight is 341 g/mol. The molecule has 134 valence electrons. The summed E-state index contributed by atoms with van der Waals surface area (Å²) in [7, 11) is 0. The highest BCUT2D eigenvalue weighted by Gasteiger charge is 2.20. The quantitative estimate of drug-likeness (QED) is 0.741. The molecule has 3 N–H and O–H groups in total. The maximum atomic E-state index is 13.2. The van der Waals surface area contributed by atoms with Gasteiger partial charge in [0.25, 0.3) is 0 Å². The smallest absolute Gasteiger partial charge is 0.315 e. The molecule has 1 aromatic carbocycles. The molecule has 1 aliphatic rings. The molecular weight excluding hydrogens is 316 g/mol. The standard InChI is InChI=1S/C17H25F2N3O2/c1-12(23)4-7-20-17(24)21-14-5-8-22(9-6-14)11-13-2-3-15(18)16(19)10-13/h2-3,10,12,14,23H,4-9,11H2,1H3,(H2,20,21,24). The van der Waals surface area contributed by atoms with Crippen LogP contribution in [0.15, 0.2) is 18.2 Å². The summed E-state index contributed by atoms with van der Waals surface area (Å²) in [6.07, 6.45) is 1.73. The van der Waals surface area contributed by atoms with Crippen molar-refractivity contribution in [2.45, 2.75) is 44.9 Å². The predicted molar refractivity (Wildman–Crippen MR) is 87.5 cm³/mol. The Morgan fingerprint density at radius 3 is 2.67 bits per heavy atom. The SMILES string of the molecule is CC(O)CCNC(=O)NC1CCN(Cc2ccc(F)c(F)c2)CC1. The third-order valence-electron chi connectivity index (χ3n) is 4.16. The number of benzene rings is 1. The minimum Gasteiger partial charge on any atom is -0.393 e. The van der Waals surface area contributed by atoms with Crippen LogP contribution in [-0.4, -0.2) is 47.8 Å². The van der Waals surface area contributed by atoms with Crippen molar-refractivity contribution < 1.29 is 18.7 Å². The number of piperidine rings is 1. The Kier molecular flexibility index (Phi) is 6.93. The number of aliphatic hydroxyl groups excluding tert-OH is 1. The number of hydrogen-bond donors (Lipinski definition) is 3. The van der Waals surface area contributed by atoms with Crippen LogP contribution in [-0.2, 0) is 6.54 Å². The van der Waals surface area contributed by atoms with Crippen molar-refractivity contribution in [2.75, 3.05) is 19.6 Å². The number of rotatable bonds is 6. The van der Waals surface area contributed by atoms with Gasteiger partial charge in [-0.15, -0.1) is 0 Å². The molecule has 0 saturated carbocycles. The molecule has 0 bridgehead atoms. The molecule has 1 fully saturated rings. The van der Waals surface area contributed by atoms with Crippen molar-refractivity contribution in [1.82, 2.24) is 15.5 Å². The van der Waals surface area contributed by atoms with Crippen LogP contribution < -0.4 is 10.6 Å². The Balaban J connectivity index is 1.69. The van der Waals surface area contributed by atoms with Gasteiger partial charge in [0.15, 0.2) is 11.6 Å². The van der Waals surface area contributed by atoms with E-state index in [9.17, 15) is 13.6 Å². The van der Waals surface area contributed by atoms with E-state index in [0.717, 1.165) is 37.6 Å². The van der Waals surface area contributed by atoms with Crippen molar-refractivity contribution in [2.24, 2.45) is 0 Å². The zero-order valence-corrected chi connectivity index (χ0v) is 13.9. The second kappa shape index (κ2) is 8.94. The molecule has 1 heterocycles. The van der Waals surface area contributed by atoms with Gasteiger partial charge in [-0.05, 0) is 43.9 Å². The van der Waals surface area contributed by atoms with E-state index < -0.39 is 17.7 Å². The molecule has 1 aliphatic heterocycles. The molecule has 1 aromatic rings. The number of urea groups is 1. The Bertz CT molecular complexity index is 547. The molecule has 2 amide bonds. The van der Waals surface area contributed by atoms with Crippen LogP contribution in [0.25, 0.3) is 0 Å². The fraction of sp³-hybridized carbons (Fsp3) is 0.588. The van der Waals surface area contributed by atoms with E-state index in [1.54, 1.807) is 13.0 Å². The maximum absolute atomic E-state index is 13.2. The largest absolute Gasteiger partial charge is 0.393 e. The van der Waals surface area contributed by atoms with Gasteiger partial charge in [-0.2, -0.15) is 0 Å². The van der Waals surface area contributed by atoms with E-state index >= 15 is 0 Å². The number of likely N-dealkylation sites (tertiary alicyclic amines) is 1. The average Bonchev–Trinajstić information content (AvgIpc) is 2.52. The van der Waals surface area contributed by atoms with E-state index in [1.165, 1.54) is 6.07 Å². The first-order valence-electron chi connectivity index (χ1n) is 8.32. The van der Waals surface area contributed by atoms with Gasteiger partial charge in [0.05, 0.1) is 6.10 Å². The fourth-order valence-electron chi connectivity index (χ4n) is 2.76. The van der Waals surface area contributed by atoms with Gasteiger partial charge in [-0.1, -0.05) is 6.07 Å². The van der Waals surface area contributed by atoms with Gasteiger partial charge in [-0.3, -0.25) is 4.90 Å². The molecule has 24 heavy (non-hydrogen) atoms. The monoisotopic (exact) mass is 341 g/mol. The number of amides is 2. The molecule has 0 aromatic heterocycles. The van der Waals surface area contributed by atoms with E-state index in [2.05, 4.69) is 15.5 Å². The zero-order valence-electron chi connectivity index (χ0n) is 13.9. The van der Waals surface area contributed by atoms with Gasteiger partial charge >= 0.3 is 6.03 Å². The van der Waals surface area contributed by atoms with Crippen LogP contribution in [0.3, 0.4) is 0 Å². The molecule has 1 atom stereocenters. The summed E-state index contributed by atoms with van der Waals surface area (Å²) in [6, 6.07) is 3.87. The third-order valence-corrected chi connectivity index (χ3v) is 4.16. The summed E-state index contributed by atoms with van der Waals surface area (Å²) < 4.78 is 26.2. The summed E-state index contributed by atoms with van der Waals surface area (Å²) in [6.45, 7) is 4.28. The Hall–Kier alpha value is -1.73. The number of halogens is 2. The molecule has 0 aliphatic carbocycles. The van der Waals surface area contributed by atoms with Crippen molar-refractivity contribution in [3.05, 3.63) is 35.4 Å². The minimum absolute atomic E-state index is 0.109. The summed E-state index contributed by atoms with van der Waals surface area (Å²) >= 11 is 0. The topological polar surface area (TPSA) is 64.6 Å². The van der Waals surface area contributed by atoms with Crippen molar-refractivity contribution in [3.8, 4) is 0 Å². The summed E-state index contributed by atoms with van der Waals surface area (Å²) in [5.74, 6) is -1.65. The lowest BCUT2D eigenvalue weighted by Crippen LogP contribution is -2.48. The van der Waals surface area contributed by atoms with Gasteiger partial charge in [0.2, 0.25) is 0 Å². The van der Waals surface area contributed by atoms with Crippen LogP contribution in [0.1, 0.15) is 31.7 Å². The highest BCUT2D eigenvalue weighted by Crippen LogP contribution is 2.15. The highest BCUT2D eigenvalue weighted by molar-refractivity contribution is 5.74.